The number of hydrogen-bond acceptors (Lipinski definition) is 3. The molecule has 234 valence electrons. The van der Waals surface area contributed by atoms with Crippen LogP contribution in [-0.2, 0) is 10.8 Å². The molecule has 0 amide bonds. The van der Waals surface area contributed by atoms with Crippen molar-refractivity contribution in [3.8, 4) is 5.75 Å². The SMILES string of the molecule is CCN1/C(=C/C=C2\CCC(/C=C/C3=[N+](CC)c4ccc(Cl)cc4C3(C)C)=C2Oc2ccc([N+]#N)cc2)C(C)(C)c2cc(Cl)ccc21. The van der Waals surface area contributed by atoms with Crippen LogP contribution in [0.5, 0.6) is 5.75 Å². The molecule has 3 aliphatic rings. The van der Waals surface area contributed by atoms with Gasteiger partial charge in [-0.15, -0.1) is 0 Å². The van der Waals surface area contributed by atoms with Gasteiger partial charge in [-0.25, -0.2) is 0 Å². The van der Waals surface area contributed by atoms with Gasteiger partial charge in [0.15, 0.2) is 10.7 Å². The van der Waals surface area contributed by atoms with E-state index in [0.717, 1.165) is 52.9 Å². The molecule has 1 aliphatic carbocycles. The van der Waals surface area contributed by atoms with Gasteiger partial charge in [0.25, 0.3) is 0 Å². The number of ether oxygens (including phenoxy) is 1. The predicted molar refractivity (Wildman–Crippen MR) is 191 cm³/mol. The van der Waals surface area contributed by atoms with Crippen molar-refractivity contribution in [3.63, 3.8) is 0 Å². The second-order valence-corrected chi connectivity index (χ2v) is 13.9. The summed E-state index contributed by atoms with van der Waals surface area (Å²) in [5, 5.41) is 10.7. The number of allylic oxidation sites excluding steroid dienone is 7. The molecule has 3 aromatic carbocycles. The lowest BCUT2D eigenvalue weighted by atomic mass is 9.81. The zero-order valence-electron chi connectivity index (χ0n) is 27.4. The number of nitrogens with zero attached hydrogens (tertiary/aromatic N) is 4. The van der Waals surface area contributed by atoms with Gasteiger partial charge < -0.3 is 9.64 Å². The Balaban J connectivity index is 1.42. The monoisotopic (exact) mass is 650 g/mol. The highest BCUT2D eigenvalue weighted by Crippen LogP contribution is 2.49. The molecule has 3 aromatic rings. The van der Waals surface area contributed by atoms with Crippen molar-refractivity contribution >= 4 is 46.0 Å². The van der Waals surface area contributed by atoms with Crippen molar-refractivity contribution in [1.29, 1.82) is 5.39 Å². The predicted octanol–water partition coefficient (Wildman–Crippen LogP) is 11.2. The molecular weight excluding hydrogens is 611 g/mol. The lowest BCUT2D eigenvalue weighted by Gasteiger charge is -2.26. The van der Waals surface area contributed by atoms with Crippen molar-refractivity contribution in [2.45, 2.75) is 65.2 Å². The zero-order chi connectivity index (χ0) is 32.8. The second kappa shape index (κ2) is 12.2. The van der Waals surface area contributed by atoms with Crippen molar-refractivity contribution < 1.29 is 9.31 Å². The molecule has 0 fully saturated rings. The molecule has 6 rings (SSSR count). The maximum Gasteiger partial charge on any atom is 0.385 e. The maximum atomic E-state index is 9.20. The molecule has 0 N–H and O–H groups in total. The highest BCUT2D eigenvalue weighted by atomic mass is 35.5. The van der Waals surface area contributed by atoms with Gasteiger partial charge >= 0.3 is 5.69 Å². The Morgan fingerprint density at radius 2 is 1.57 bits per heavy atom. The van der Waals surface area contributed by atoms with Gasteiger partial charge in [-0.2, -0.15) is 4.58 Å². The topological polar surface area (TPSA) is 43.6 Å². The lowest BCUT2D eigenvalue weighted by molar-refractivity contribution is -0.433. The van der Waals surface area contributed by atoms with Crippen LogP contribution >= 0.6 is 23.2 Å². The number of hydrogen-bond donors (Lipinski definition) is 0. The Labute approximate surface area is 282 Å². The molecule has 2 heterocycles. The van der Waals surface area contributed by atoms with Crippen LogP contribution in [-0.4, -0.2) is 23.4 Å². The highest BCUT2D eigenvalue weighted by molar-refractivity contribution is 6.31. The minimum atomic E-state index is -0.199. The molecule has 0 aromatic heterocycles. The van der Waals surface area contributed by atoms with E-state index in [0.29, 0.717) is 11.4 Å². The summed E-state index contributed by atoms with van der Waals surface area (Å²) in [6.07, 6.45) is 10.7. The molecule has 0 atom stereocenters. The fourth-order valence-corrected chi connectivity index (χ4v) is 7.53. The van der Waals surface area contributed by atoms with Gasteiger partial charge in [0.2, 0.25) is 11.1 Å². The standard InChI is InChI=1S/C39H40Cl2N4O/c1-7-44-33-19-13-27(40)23-31(33)38(3,4)35(44)21-11-25-9-10-26(37(25)46-30-17-15-29(43-42)16-18-30)12-22-36-39(5,6)32-24-28(41)14-20-34(32)45(36)8-2/h11-24H,7-10H2,1-6H3/q+2. The Kier molecular flexibility index (Phi) is 8.48. The fourth-order valence-electron chi connectivity index (χ4n) is 7.19. The molecule has 0 spiro atoms. The smallest absolute Gasteiger partial charge is 0.385 e. The molecule has 5 nitrogen and oxygen atoms in total. The van der Waals surface area contributed by atoms with Crippen LogP contribution in [0, 0.1) is 5.39 Å². The number of likely N-dealkylation sites (N-methyl/N-ethyl adjacent to an activating group) is 1. The number of benzene rings is 3. The van der Waals surface area contributed by atoms with E-state index >= 15 is 0 Å². The number of fused-ring (bicyclic) bond motifs is 2. The van der Waals surface area contributed by atoms with E-state index < -0.39 is 0 Å². The first kappa shape index (κ1) is 31.9. The minimum absolute atomic E-state index is 0.199. The van der Waals surface area contributed by atoms with Crippen molar-refractivity contribution in [1.82, 2.24) is 0 Å². The van der Waals surface area contributed by atoms with Crippen LogP contribution in [0.25, 0.3) is 4.98 Å². The van der Waals surface area contributed by atoms with E-state index in [1.807, 2.05) is 24.3 Å². The Morgan fingerprint density at radius 3 is 2.24 bits per heavy atom. The average Bonchev–Trinajstić information content (AvgIpc) is 3.59. The van der Waals surface area contributed by atoms with Gasteiger partial charge in [-0.3, -0.25) is 0 Å². The second-order valence-electron chi connectivity index (χ2n) is 13.1. The van der Waals surface area contributed by atoms with Crippen LogP contribution in [0.15, 0.2) is 108 Å². The van der Waals surface area contributed by atoms with Crippen LogP contribution in [0.1, 0.15) is 65.5 Å². The summed E-state index contributed by atoms with van der Waals surface area (Å²) in [5.41, 5.74) is 9.72. The van der Waals surface area contributed by atoms with Gasteiger partial charge in [-0.1, -0.05) is 43.1 Å². The lowest BCUT2D eigenvalue weighted by Crippen LogP contribution is -2.27. The third kappa shape index (κ3) is 5.48. The molecule has 0 saturated carbocycles. The van der Waals surface area contributed by atoms with Gasteiger partial charge in [0.05, 0.1) is 5.41 Å². The first-order chi connectivity index (χ1) is 22.0. The molecule has 0 saturated heterocycles. The summed E-state index contributed by atoms with van der Waals surface area (Å²) in [5.74, 6) is 1.56. The van der Waals surface area contributed by atoms with Crippen molar-refractivity contribution in [3.05, 3.63) is 134 Å². The molecule has 46 heavy (non-hydrogen) atoms. The van der Waals surface area contributed by atoms with Crippen molar-refractivity contribution in [2.75, 3.05) is 18.0 Å². The Bertz CT molecular complexity index is 1920. The largest absolute Gasteiger partial charge is 0.457 e. The number of rotatable bonds is 7. The van der Waals surface area contributed by atoms with Gasteiger partial charge in [0.1, 0.15) is 18.1 Å². The summed E-state index contributed by atoms with van der Waals surface area (Å²) in [4.78, 5) is 5.67. The number of anilines is 1. The van der Waals surface area contributed by atoms with Gasteiger partial charge in [0, 0.05) is 63.2 Å². The van der Waals surface area contributed by atoms with Gasteiger partial charge in [-0.05, 0) is 112 Å². The van der Waals surface area contributed by atoms with E-state index in [1.54, 1.807) is 12.1 Å². The molecule has 0 radical (unpaired) electrons. The fraction of sp³-hybridized carbons (Fsp3) is 0.308. The van der Waals surface area contributed by atoms with Crippen LogP contribution in [0.3, 0.4) is 0 Å². The van der Waals surface area contributed by atoms with E-state index in [1.165, 1.54) is 33.9 Å². The van der Waals surface area contributed by atoms with Crippen LogP contribution < -0.4 is 9.64 Å². The van der Waals surface area contributed by atoms with Crippen LogP contribution in [0.2, 0.25) is 10.0 Å². The molecule has 0 unspecified atom stereocenters. The van der Waals surface area contributed by atoms with E-state index in [4.69, 9.17) is 27.9 Å². The third-order valence-corrected chi connectivity index (χ3v) is 10.1. The zero-order valence-corrected chi connectivity index (χ0v) is 28.9. The molecule has 2 aliphatic heterocycles. The maximum absolute atomic E-state index is 9.20. The van der Waals surface area contributed by atoms with E-state index in [-0.39, 0.29) is 10.8 Å². The number of diazo groups is 1. The summed E-state index contributed by atoms with van der Waals surface area (Å²) < 4.78 is 9.01. The van der Waals surface area contributed by atoms with E-state index in [2.05, 4.69) is 105 Å². The van der Waals surface area contributed by atoms with Crippen LogP contribution in [0.4, 0.5) is 17.1 Å². The summed E-state index contributed by atoms with van der Waals surface area (Å²) in [6, 6.07) is 19.5. The Morgan fingerprint density at radius 1 is 0.870 bits per heavy atom. The third-order valence-electron chi connectivity index (χ3n) is 9.64. The summed E-state index contributed by atoms with van der Waals surface area (Å²) >= 11 is 12.9. The highest BCUT2D eigenvalue weighted by Gasteiger charge is 2.44. The normalized spacial score (nSPS) is 19.8. The van der Waals surface area contributed by atoms with Crippen molar-refractivity contribution in [2.24, 2.45) is 0 Å². The molecular formula is C39H40Cl2N4O+2. The quantitative estimate of drug-likeness (QED) is 0.189. The molecule has 7 heteroatoms. The number of halogens is 2. The minimum Gasteiger partial charge on any atom is -0.457 e. The Hall–Kier alpha value is -4.11. The average molecular weight is 652 g/mol. The first-order valence-corrected chi connectivity index (χ1v) is 16.7. The van der Waals surface area contributed by atoms with E-state index in [9.17, 15) is 5.39 Å². The summed E-state index contributed by atoms with van der Waals surface area (Å²) in [7, 11) is 0. The molecule has 0 bridgehead atoms. The first-order valence-electron chi connectivity index (χ1n) is 16.0. The summed E-state index contributed by atoms with van der Waals surface area (Å²) in [6.45, 7) is 15.1.